The number of benzene rings is 1. The van der Waals surface area contributed by atoms with Crippen LogP contribution in [0.1, 0.15) is 71.1 Å². The first-order chi connectivity index (χ1) is 12.2. The number of rotatable bonds is 6. The number of hydrogen-bond acceptors (Lipinski definition) is 1. The Morgan fingerprint density at radius 3 is 2.00 bits per heavy atom. The molecule has 0 heterocycles. The molecule has 0 unspecified atom stereocenters. The summed E-state index contributed by atoms with van der Waals surface area (Å²) in [5, 5.41) is 0. The Labute approximate surface area is 151 Å². The molecule has 0 N–H and O–H groups in total. The predicted octanol–water partition coefficient (Wildman–Crippen LogP) is 6.76. The molecule has 0 aliphatic heterocycles. The van der Waals surface area contributed by atoms with Gasteiger partial charge in [0, 0.05) is 6.07 Å². The molecule has 1 aromatic carbocycles. The Hall–Kier alpha value is -1.12. The van der Waals surface area contributed by atoms with Gasteiger partial charge in [-0.3, -0.25) is 0 Å². The van der Waals surface area contributed by atoms with Crippen molar-refractivity contribution >= 4 is 0 Å². The van der Waals surface area contributed by atoms with Gasteiger partial charge in [0.05, 0.1) is 6.61 Å². The molecule has 0 saturated heterocycles. The highest BCUT2D eigenvalue weighted by molar-refractivity contribution is 5.23. The fraction of sp³-hybridized carbons (Fsp3) is 0.727. The summed E-state index contributed by atoms with van der Waals surface area (Å²) < 4.78 is 31.9. The Morgan fingerprint density at radius 1 is 0.840 bits per heavy atom. The fourth-order valence-corrected chi connectivity index (χ4v) is 4.96. The third-order valence-corrected chi connectivity index (χ3v) is 6.52. The lowest BCUT2D eigenvalue weighted by atomic mass is 9.69. The molecular formula is C22H32F2O. The first-order valence-electron chi connectivity index (χ1n) is 10.2. The molecule has 0 radical (unpaired) electrons. The van der Waals surface area contributed by atoms with Crippen molar-refractivity contribution in [1.29, 1.82) is 0 Å². The van der Waals surface area contributed by atoms with Crippen LogP contribution in [0.15, 0.2) is 18.2 Å². The van der Waals surface area contributed by atoms with Gasteiger partial charge in [0.15, 0.2) is 11.6 Å². The van der Waals surface area contributed by atoms with Gasteiger partial charge < -0.3 is 4.74 Å². The van der Waals surface area contributed by atoms with E-state index in [0.717, 1.165) is 29.9 Å². The van der Waals surface area contributed by atoms with Gasteiger partial charge in [-0.05, 0) is 74.3 Å². The minimum atomic E-state index is -0.833. The van der Waals surface area contributed by atoms with Crippen LogP contribution in [0.25, 0.3) is 0 Å². The summed E-state index contributed by atoms with van der Waals surface area (Å²) >= 11 is 0. The molecule has 1 nitrogen and oxygen atoms in total. The molecule has 2 aliphatic rings. The second-order valence-corrected chi connectivity index (χ2v) is 8.24. The number of halogens is 2. The van der Waals surface area contributed by atoms with Crippen LogP contribution < -0.4 is 4.74 Å². The van der Waals surface area contributed by atoms with Crippen molar-refractivity contribution in [1.82, 2.24) is 0 Å². The largest absolute Gasteiger partial charge is 0.493 e. The molecule has 3 rings (SSSR count). The molecule has 2 aliphatic carbocycles. The van der Waals surface area contributed by atoms with Gasteiger partial charge >= 0.3 is 0 Å². The summed E-state index contributed by atoms with van der Waals surface area (Å²) in [6.07, 6.45) is 13.6. The van der Waals surface area contributed by atoms with Gasteiger partial charge in [0.1, 0.15) is 5.75 Å². The predicted molar refractivity (Wildman–Crippen MR) is 97.7 cm³/mol. The Morgan fingerprint density at radius 2 is 1.44 bits per heavy atom. The van der Waals surface area contributed by atoms with Crippen LogP contribution in [0.2, 0.25) is 0 Å². The van der Waals surface area contributed by atoms with Crippen LogP contribution in [-0.4, -0.2) is 6.61 Å². The Kier molecular flexibility index (Phi) is 6.72. The van der Waals surface area contributed by atoms with E-state index in [9.17, 15) is 8.78 Å². The topological polar surface area (TPSA) is 9.23 Å². The lowest BCUT2D eigenvalue weighted by Gasteiger charge is -2.37. The normalized spacial score (nSPS) is 30.2. The van der Waals surface area contributed by atoms with Crippen molar-refractivity contribution in [2.24, 2.45) is 23.7 Å². The third-order valence-electron chi connectivity index (χ3n) is 6.52. The highest BCUT2D eigenvalue weighted by atomic mass is 19.2. The van der Waals surface area contributed by atoms with E-state index in [4.69, 9.17) is 4.74 Å². The van der Waals surface area contributed by atoms with Crippen molar-refractivity contribution in [3.05, 3.63) is 29.8 Å². The Bertz CT molecular complexity index is 529. The van der Waals surface area contributed by atoms with Gasteiger partial charge in [-0.2, -0.15) is 0 Å². The second-order valence-electron chi connectivity index (χ2n) is 8.24. The molecular weight excluding hydrogens is 318 g/mol. The van der Waals surface area contributed by atoms with Gasteiger partial charge in [0.2, 0.25) is 0 Å². The molecule has 1 aromatic rings. The van der Waals surface area contributed by atoms with E-state index in [2.05, 4.69) is 6.92 Å². The van der Waals surface area contributed by atoms with Crippen LogP contribution in [0.5, 0.6) is 5.75 Å². The standard InChI is InChI=1S/C22H32F2O/c1-2-3-16-4-8-18(9-5-16)19-10-6-17(7-11-19)15-25-20-12-13-21(23)22(24)14-20/h12-14,16-19H,2-11,15H2,1H3. The molecule has 0 bridgehead atoms. The minimum absolute atomic E-state index is 0.440. The van der Waals surface area contributed by atoms with Crippen molar-refractivity contribution in [2.45, 2.75) is 71.1 Å². The van der Waals surface area contributed by atoms with Gasteiger partial charge in [-0.15, -0.1) is 0 Å². The summed E-state index contributed by atoms with van der Waals surface area (Å²) in [7, 11) is 0. The van der Waals surface area contributed by atoms with E-state index in [1.807, 2.05) is 0 Å². The van der Waals surface area contributed by atoms with E-state index in [1.165, 1.54) is 70.3 Å². The molecule has 0 amide bonds. The lowest BCUT2D eigenvalue weighted by molar-refractivity contribution is 0.122. The molecule has 2 saturated carbocycles. The van der Waals surface area contributed by atoms with Crippen molar-refractivity contribution in [2.75, 3.05) is 6.61 Å². The highest BCUT2D eigenvalue weighted by Crippen LogP contribution is 2.42. The minimum Gasteiger partial charge on any atom is -0.493 e. The zero-order chi connectivity index (χ0) is 17.6. The Balaban J connectivity index is 1.38. The van der Waals surface area contributed by atoms with Crippen LogP contribution in [0.4, 0.5) is 8.78 Å². The van der Waals surface area contributed by atoms with Crippen molar-refractivity contribution < 1.29 is 13.5 Å². The average molecular weight is 350 g/mol. The van der Waals surface area contributed by atoms with Crippen molar-refractivity contribution in [3.63, 3.8) is 0 Å². The molecule has 140 valence electrons. The zero-order valence-electron chi connectivity index (χ0n) is 15.5. The summed E-state index contributed by atoms with van der Waals surface area (Å²) in [6, 6.07) is 3.80. The zero-order valence-corrected chi connectivity index (χ0v) is 15.5. The quantitative estimate of drug-likeness (QED) is 0.551. The average Bonchev–Trinajstić information content (AvgIpc) is 2.64. The van der Waals surface area contributed by atoms with Crippen molar-refractivity contribution in [3.8, 4) is 5.75 Å². The first kappa shape index (κ1) is 18.7. The lowest BCUT2D eigenvalue weighted by Crippen LogP contribution is -2.27. The summed E-state index contributed by atoms with van der Waals surface area (Å²) in [6.45, 7) is 2.93. The molecule has 0 atom stereocenters. The summed E-state index contributed by atoms with van der Waals surface area (Å²) in [5.74, 6) is 2.18. The van der Waals surface area contributed by atoms with Gasteiger partial charge in [-0.25, -0.2) is 8.78 Å². The van der Waals surface area contributed by atoms with Gasteiger partial charge in [0.25, 0.3) is 0 Å². The van der Waals surface area contributed by atoms with Crippen LogP contribution in [0.3, 0.4) is 0 Å². The second kappa shape index (κ2) is 9.00. The molecule has 0 aromatic heterocycles. The molecule has 2 fully saturated rings. The van der Waals surface area contributed by atoms with Crippen LogP contribution >= 0.6 is 0 Å². The third kappa shape index (κ3) is 5.18. The maximum Gasteiger partial charge on any atom is 0.162 e. The number of ether oxygens (including phenoxy) is 1. The first-order valence-corrected chi connectivity index (χ1v) is 10.2. The molecule has 25 heavy (non-hydrogen) atoms. The van der Waals surface area contributed by atoms with Gasteiger partial charge in [-0.1, -0.05) is 32.6 Å². The fourth-order valence-electron chi connectivity index (χ4n) is 4.96. The SMILES string of the molecule is CCCC1CCC(C2CCC(COc3ccc(F)c(F)c3)CC2)CC1. The monoisotopic (exact) mass is 350 g/mol. The van der Waals surface area contributed by atoms with E-state index >= 15 is 0 Å². The maximum atomic E-state index is 13.2. The number of hydrogen-bond donors (Lipinski definition) is 0. The van der Waals surface area contributed by atoms with E-state index in [-0.39, 0.29) is 0 Å². The molecule has 3 heteroatoms. The van der Waals surface area contributed by atoms with E-state index < -0.39 is 11.6 Å². The van der Waals surface area contributed by atoms with E-state index in [1.54, 1.807) is 0 Å². The summed E-state index contributed by atoms with van der Waals surface area (Å²) in [5.41, 5.74) is 0. The van der Waals surface area contributed by atoms with Crippen LogP contribution in [-0.2, 0) is 0 Å². The van der Waals surface area contributed by atoms with E-state index in [0.29, 0.717) is 18.3 Å². The maximum absolute atomic E-state index is 13.2. The van der Waals surface area contributed by atoms with Crippen LogP contribution in [0, 0.1) is 35.3 Å². The summed E-state index contributed by atoms with van der Waals surface area (Å²) in [4.78, 5) is 0. The smallest absolute Gasteiger partial charge is 0.162 e. The molecule has 0 spiro atoms. The highest BCUT2D eigenvalue weighted by Gasteiger charge is 2.30.